The molecular weight excluding hydrogens is 360 g/mol. The van der Waals surface area contributed by atoms with Crippen molar-refractivity contribution in [1.29, 1.82) is 0 Å². The molecule has 0 bridgehead atoms. The Bertz CT molecular complexity index is 808. The van der Waals surface area contributed by atoms with Gasteiger partial charge in [-0.1, -0.05) is 6.07 Å². The number of hydrazone groups is 1. The standard InChI is InChI=1S/C20H24N4O4/c1-15(25)28-20-17(26-2)12-16(13-18(20)27-3)14-22-24-10-8-23(9-11-24)19-6-4-5-7-21-19/h4-7,12-14H,8-11H2,1-3H3/p+1. The highest BCUT2D eigenvalue weighted by molar-refractivity contribution is 5.83. The number of aromatic nitrogens is 1. The lowest BCUT2D eigenvalue weighted by Gasteiger charge is -2.28. The molecule has 8 nitrogen and oxygen atoms in total. The highest BCUT2D eigenvalue weighted by Gasteiger charge is 2.22. The average Bonchev–Trinajstić information content (AvgIpc) is 2.73. The van der Waals surface area contributed by atoms with Crippen LogP contribution in [0.1, 0.15) is 12.5 Å². The van der Waals surface area contributed by atoms with E-state index in [1.807, 2.05) is 23.3 Å². The van der Waals surface area contributed by atoms with Gasteiger partial charge in [0.15, 0.2) is 11.5 Å². The Morgan fingerprint density at radius 2 is 1.79 bits per heavy atom. The molecule has 0 unspecified atom stereocenters. The zero-order valence-corrected chi connectivity index (χ0v) is 16.3. The van der Waals surface area contributed by atoms with Crippen LogP contribution in [-0.4, -0.2) is 57.6 Å². The third kappa shape index (κ3) is 4.70. The van der Waals surface area contributed by atoms with E-state index in [0.29, 0.717) is 11.5 Å². The van der Waals surface area contributed by atoms with Gasteiger partial charge in [0.2, 0.25) is 5.75 Å². The third-order valence-corrected chi connectivity index (χ3v) is 4.39. The molecule has 0 amide bonds. The van der Waals surface area contributed by atoms with Crippen LogP contribution in [0.3, 0.4) is 0 Å². The SMILES string of the molecule is COc1cc(C=NN2CCN(c3cccc[nH+]3)CC2)cc(OC)c1OC(C)=O. The van der Waals surface area contributed by atoms with Crippen LogP contribution in [0.4, 0.5) is 5.82 Å². The molecule has 0 saturated carbocycles. The highest BCUT2D eigenvalue weighted by atomic mass is 16.6. The number of hydrogen-bond acceptors (Lipinski definition) is 7. The van der Waals surface area contributed by atoms with Crippen LogP contribution in [-0.2, 0) is 4.79 Å². The van der Waals surface area contributed by atoms with Crippen molar-refractivity contribution in [3.63, 3.8) is 0 Å². The number of hydrogen-bond donors (Lipinski definition) is 0. The number of benzene rings is 1. The van der Waals surface area contributed by atoms with E-state index in [4.69, 9.17) is 14.2 Å². The quantitative estimate of drug-likeness (QED) is 0.427. The minimum atomic E-state index is -0.438. The zero-order valence-electron chi connectivity index (χ0n) is 16.3. The van der Waals surface area contributed by atoms with Crippen molar-refractivity contribution < 1.29 is 24.0 Å². The first-order valence-electron chi connectivity index (χ1n) is 9.05. The maximum absolute atomic E-state index is 11.3. The lowest BCUT2D eigenvalue weighted by atomic mass is 10.2. The summed E-state index contributed by atoms with van der Waals surface area (Å²) < 4.78 is 15.9. The number of aromatic amines is 1. The molecule has 1 aromatic heterocycles. The molecule has 148 valence electrons. The van der Waals surface area contributed by atoms with Gasteiger partial charge >= 0.3 is 5.97 Å². The number of ether oxygens (including phenoxy) is 3. The van der Waals surface area contributed by atoms with Crippen LogP contribution in [0.5, 0.6) is 17.2 Å². The zero-order chi connectivity index (χ0) is 19.9. The second kappa shape index (κ2) is 9.07. The minimum Gasteiger partial charge on any atom is -0.493 e. The number of rotatable bonds is 6. The lowest BCUT2D eigenvalue weighted by molar-refractivity contribution is -0.364. The Balaban J connectivity index is 1.68. The van der Waals surface area contributed by atoms with Gasteiger partial charge in [-0.15, -0.1) is 0 Å². The van der Waals surface area contributed by atoms with E-state index in [0.717, 1.165) is 37.6 Å². The smallest absolute Gasteiger partial charge is 0.308 e. The summed E-state index contributed by atoms with van der Waals surface area (Å²) in [5.41, 5.74) is 0.795. The first kappa shape index (κ1) is 19.5. The van der Waals surface area contributed by atoms with Gasteiger partial charge in [0.25, 0.3) is 5.82 Å². The summed E-state index contributed by atoms with van der Waals surface area (Å²) in [4.78, 5) is 16.9. The molecule has 1 aliphatic heterocycles. The molecule has 1 aliphatic rings. The number of pyridine rings is 1. The average molecular weight is 385 g/mol. The molecular formula is C20H25N4O4+. The number of carbonyl (C=O) groups excluding carboxylic acids is 1. The molecule has 0 atom stereocenters. The molecule has 28 heavy (non-hydrogen) atoms. The first-order chi connectivity index (χ1) is 13.6. The number of piperazine rings is 1. The van der Waals surface area contributed by atoms with Crippen LogP contribution in [0.2, 0.25) is 0 Å². The van der Waals surface area contributed by atoms with E-state index in [1.54, 1.807) is 18.3 Å². The Morgan fingerprint density at radius 1 is 1.11 bits per heavy atom. The maximum atomic E-state index is 11.3. The van der Waals surface area contributed by atoms with Gasteiger partial charge in [-0.05, 0) is 18.2 Å². The fourth-order valence-corrected chi connectivity index (χ4v) is 3.00. The largest absolute Gasteiger partial charge is 0.493 e. The predicted molar refractivity (Wildman–Crippen MR) is 105 cm³/mol. The molecule has 8 heteroatoms. The monoisotopic (exact) mass is 385 g/mol. The number of nitrogens with zero attached hydrogens (tertiary/aromatic N) is 3. The molecule has 1 fully saturated rings. The number of H-pyrrole nitrogens is 1. The molecule has 0 radical (unpaired) electrons. The van der Waals surface area contributed by atoms with E-state index >= 15 is 0 Å². The van der Waals surface area contributed by atoms with Crippen LogP contribution in [0.15, 0.2) is 41.6 Å². The van der Waals surface area contributed by atoms with Gasteiger partial charge in [-0.3, -0.25) is 14.7 Å². The van der Waals surface area contributed by atoms with Crippen molar-refractivity contribution in [2.45, 2.75) is 6.92 Å². The molecule has 0 aliphatic carbocycles. The highest BCUT2D eigenvalue weighted by Crippen LogP contribution is 2.38. The number of nitrogens with one attached hydrogen (secondary N) is 1. The van der Waals surface area contributed by atoms with Gasteiger partial charge in [0.1, 0.15) is 13.1 Å². The maximum Gasteiger partial charge on any atom is 0.308 e. The van der Waals surface area contributed by atoms with Crippen LogP contribution in [0.25, 0.3) is 0 Å². The molecule has 1 N–H and O–H groups in total. The van der Waals surface area contributed by atoms with Crippen molar-refractivity contribution in [3.8, 4) is 17.2 Å². The number of carbonyl (C=O) groups is 1. The lowest BCUT2D eigenvalue weighted by Crippen LogP contribution is -2.45. The molecule has 2 aromatic rings. The first-order valence-corrected chi connectivity index (χ1v) is 9.05. The number of esters is 1. The van der Waals surface area contributed by atoms with E-state index in [9.17, 15) is 4.79 Å². The van der Waals surface area contributed by atoms with Crippen molar-refractivity contribution in [2.24, 2.45) is 5.10 Å². The van der Waals surface area contributed by atoms with Gasteiger partial charge in [0, 0.05) is 18.6 Å². The van der Waals surface area contributed by atoms with Crippen molar-refractivity contribution in [2.75, 3.05) is 45.3 Å². The Labute approximate surface area is 164 Å². The molecule has 2 heterocycles. The Hall–Kier alpha value is -3.29. The summed E-state index contributed by atoms with van der Waals surface area (Å²) in [6.07, 6.45) is 3.69. The summed E-state index contributed by atoms with van der Waals surface area (Å²) in [7, 11) is 3.03. The second-order valence-corrected chi connectivity index (χ2v) is 6.28. The summed E-state index contributed by atoms with van der Waals surface area (Å²) in [6.45, 7) is 4.74. The van der Waals surface area contributed by atoms with Gasteiger partial charge in [-0.25, -0.2) is 4.98 Å². The number of methoxy groups -OCH3 is 2. The molecule has 1 aromatic carbocycles. The van der Waals surface area contributed by atoms with Crippen molar-refractivity contribution >= 4 is 18.0 Å². The fourth-order valence-electron chi connectivity index (χ4n) is 3.00. The van der Waals surface area contributed by atoms with E-state index < -0.39 is 5.97 Å². The number of anilines is 1. The summed E-state index contributed by atoms with van der Waals surface area (Å²) in [5.74, 6) is 1.77. The van der Waals surface area contributed by atoms with Crippen molar-refractivity contribution in [3.05, 3.63) is 42.1 Å². The van der Waals surface area contributed by atoms with Gasteiger partial charge in [0.05, 0.1) is 39.7 Å². The van der Waals surface area contributed by atoms with Crippen LogP contribution >= 0.6 is 0 Å². The normalized spacial score (nSPS) is 14.2. The van der Waals surface area contributed by atoms with E-state index in [1.165, 1.54) is 21.1 Å². The molecule has 0 spiro atoms. The molecule has 3 rings (SSSR count). The Morgan fingerprint density at radius 3 is 2.32 bits per heavy atom. The summed E-state index contributed by atoms with van der Waals surface area (Å²) in [5, 5.41) is 6.60. The fraction of sp³-hybridized carbons (Fsp3) is 0.350. The summed E-state index contributed by atoms with van der Waals surface area (Å²) >= 11 is 0. The van der Waals surface area contributed by atoms with Crippen LogP contribution in [0, 0.1) is 0 Å². The van der Waals surface area contributed by atoms with Crippen LogP contribution < -0.4 is 24.1 Å². The van der Waals surface area contributed by atoms with Crippen molar-refractivity contribution in [1.82, 2.24) is 5.01 Å². The second-order valence-electron chi connectivity index (χ2n) is 6.28. The van der Waals surface area contributed by atoms with Gasteiger partial charge in [-0.2, -0.15) is 5.10 Å². The van der Waals surface area contributed by atoms with E-state index in [2.05, 4.69) is 21.1 Å². The Kier molecular flexibility index (Phi) is 6.31. The third-order valence-electron chi connectivity index (χ3n) is 4.39. The van der Waals surface area contributed by atoms with E-state index in [-0.39, 0.29) is 5.75 Å². The summed E-state index contributed by atoms with van der Waals surface area (Å²) in [6, 6.07) is 9.59. The minimum absolute atomic E-state index is 0.266. The molecule has 1 saturated heterocycles. The topological polar surface area (TPSA) is 77.7 Å². The predicted octanol–water partition coefficient (Wildman–Crippen LogP) is 1.60. The van der Waals surface area contributed by atoms with Gasteiger partial charge < -0.3 is 14.2 Å².